The van der Waals surface area contributed by atoms with Gasteiger partial charge in [-0.2, -0.15) is 0 Å². The molecule has 8 heteroatoms. The van der Waals surface area contributed by atoms with Gasteiger partial charge in [0.15, 0.2) is 17.4 Å². The van der Waals surface area contributed by atoms with Crippen molar-refractivity contribution in [1.82, 2.24) is 4.57 Å². The minimum Gasteiger partial charge on any atom is -0.503 e. The molecular formula is C20H16ClF2NO4. The first-order valence-electron chi connectivity index (χ1n) is 8.29. The molecule has 146 valence electrons. The maximum atomic E-state index is 14.8. The van der Waals surface area contributed by atoms with E-state index in [1.54, 1.807) is 12.1 Å². The smallest absolute Gasteiger partial charge is 0.312 e. The normalized spacial score (nSPS) is 12.2. The molecule has 0 fully saturated rings. The van der Waals surface area contributed by atoms with Crippen molar-refractivity contribution in [3.8, 4) is 5.75 Å². The van der Waals surface area contributed by atoms with Gasteiger partial charge in [0.1, 0.15) is 0 Å². The average Bonchev–Trinajstić information content (AvgIpc) is 2.96. The van der Waals surface area contributed by atoms with Crippen molar-refractivity contribution in [3.63, 3.8) is 0 Å². The van der Waals surface area contributed by atoms with Gasteiger partial charge in [-0.1, -0.05) is 17.7 Å². The van der Waals surface area contributed by atoms with Crippen LogP contribution >= 0.6 is 11.6 Å². The lowest BCUT2D eigenvalue weighted by Crippen LogP contribution is -2.16. The lowest BCUT2D eigenvalue weighted by molar-refractivity contribution is -0.141. The predicted molar refractivity (Wildman–Crippen MR) is 99.9 cm³/mol. The second-order valence-corrected chi connectivity index (χ2v) is 6.75. The summed E-state index contributed by atoms with van der Waals surface area (Å²) in [5, 5.41) is 9.82. The number of phenolic OH excluding ortho intramolecular Hbond substituents is 1. The predicted octanol–water partition coefficient (Wildman–Crippen LogP) is 4.55. The molecule has 1 heterocycles. The number of esters is 1. The van der Waals surface area contributed by atoms with E-state index in [1.807, 2.05) is 0 Å². The van der Waals surface area contributed by atoms with Crippen LogP contribution in [0.25, 0.3) is 10.9 Å². The van der Waals surface area contributed by atoms with Crippen molar-refractivity contribution in [2.45, 2.75) is 19.8 Å². The molecule has 28 heavy (non-hydrogen) atoms. The average molecular weight is 408 g/mol. The fraction of sp³-hybridized carbons (Fsp3) is 0.200. The van der Waals surface area contributed by atoms with E-state index in [1.165, 1.54) is 33.1 Å². The van der Waals surface area contributed by atoms with Gasteiger partial charge in [0, 0.05) is 27.7 Å². The van der Waals surface area contributed by atoms with Crippen molar-refractivity contribution in [1.29, 1.82) is 0 Å². The highest BCUT2D eigenvalue weighted by Gasteiger charge is 2.31. The number of phenols is 1. The third-order valence-electron chi connectivity index (χ3n) is 4.67. The Morgan fingerprint density at radius 1 is 1.25 bits per heavy atom. The van der Waals surface area contributed by atoms with E-state index in [0.717, 1.165) is 10.6 Å². The van der Waals surface area contributed by atoms with Gasteiger partial charge in [0.05, 0.1) is 18.5 Å². The number of hydrogen-bond acceptors (Lipinski definition) is 4. The molecule has 3 aromatic rings. The summed E-state index contributed by atoms with van der Waals surface area (Å²) in [5.41, 5.74) is 0.437. The summed E-state index contributed by atoms with van der Waals surface area (Å²) in [7, 11) is 1.18. The topological polar surface area (TPSA) is 68.5 Å². The van der Waals surface area contributed by atoms with Crippen LogP contribution in [0.2, 0.25) is 5.02 Å². The van der Waals surface area contributed by atoms with Crippen LogP contribution in [0.5, 0.6) is 5.75 Å². The minimum absolute atomic E-state index is 0.110. The highest BCUT2D eigenvalue weighted by atomic mass is 35.5. The van der Waals surface area contributed by atoms with Crippen LogP contribution in [0, 0.1) is 18.6 Å². The summed E-state index contributed by atoms with van der Waals surface area (Å²) >= 11 is 5.95. The van der Waals surface area contributed by atoms with Crippen molar-refractivity contribution in [2.24, 2.45) is 0 Å². The molecule has 0 aliphatic carbocycles. The summed E-state index contributed by atoms with van der Waals surface area (Å²) in [6.07, 6.45) is 0. The zero-order chi connectivity index (χ0) is 20.7. The Morgan fingerprint density at radius 2 is 1.93 bits per heavy atom. The summed E-state index contributed by atoms with van der Waals surface area (Å²) in [5.74, 6) is -5.86. The quantitative estimate of drug-likeness (QED) is 0.647. The van der Waals surface area contributed by atoms with E-state index in [9.17, 15) is 23.5 Å². The number of halogens is 3. The second-order valence-electron chi connectivity index (χ2n) is 6.31. The molecule has 1 unspecified atom stereocenters. The van der Waals surface area contributed by atoms with Crippen LogP contribution in [-0.4, -0.2) is 28.7 Å². The van der Waals surface area contributed by atoms with Gasteiger partial charge in [-0.05, 0) is 37.6 Å². The molecule has 1 N–H and O–H groups in total. The molecule has 0 aliphatic rings. The number of fused-ring (bicyclic) bond motifs is 1. The molecule has 1 aromatic heterocycles. The molecule has 2 aromatic carbocycles. The zero-order valence-electron chi connectivity index (χ0n) is 15.2. The van der Waals surface area contributed by atoms with Crippen LogP contribution < -0.4 is 0 Å². The van der Waals surface area contributed by atoms with Gasteiger partial charge >= 0.3 is 5.97 Å². The molecule has 0 aliphatic heterocycles. The Balaban J connectivity index is 2.39. The fourth-order valence-corrected chi connectivity index (χ4v) is 3.54. The number of carbonyl (C=O) groups is 2. The third-order valence-corrected chi connectivity index (χ3v) is 4.91. The molecule has 0 spiro atoms. The number of methoxy groups -OCH3 is 1. The fourth-order valence-electron chi connectivity index (χ4n) is 3.35. The van der Waals surface area contributed by atoms with Gasteiger partial charge in [-0.25, -0.2) is 8.78 Å². The van der Waals surface area contributed by atoms with Gasteiger partial charge < -0.3 is 9.84 Å². The van der Waals surface area contributed by atoms with E-state index >= 15 is 0 Å². The summed E-state index contributed by atoms with van der Waals surface area (Å²) in [4.78, 5) is 25.2. The molecule has 0 radical (unpaired) electrons. The molecule has 3 rings (SSSR count). The summed E-state index contributed by atoms with van der Waals surface area (Å²) in [6.45, 7) is 2.98. The number of aromatic hydroxyl groups is 1. The number of carbonyl (C=O) groups excluding carboxylic acids is 2. The number of benzene rings is 2. The number of ether oxygens (including phenoxy) is 1. The van der Waals surface area contributed by atoms with E-state index in [4.69, 9.17) is 16.3 Å². The van der Waals surface area contributed by atoms with Gasteiger partial charge in [0.2, 0.25) is 0 Å². The van der Waals surface area contributed by atoms with Gasteiger partial charge in [0.25, 0.3) is 5.91 Å². The number of hydrogen-bond donors (Lipinski definition) is 1. The lowest BCUT2D eigenvalue weighted by atomic mass is 9.97. The highest BCUT2D eigenvalue weighted by Crippen LogP contribution is 2.38. The maximum absolute atomic E-state index is 14.8. The molecule has 0 saturated heterocycles. The molecule has 5 nitrogen and oxygen atoms in total. The molecule has 0 amide bonds. The van der Waals surface area contributed by atoms with Crippen LogP contribution in [-0.2, 0) is 9.53 Å². The van der Waals surface area contributed by atoms with Crippen molar-refractivity contribution < 1.29 is 28.2 Å². The SMILES string of the molecule is COC(=O)C(C)c1c(C)n(C(=O)c2cccc(Cl)c2)c2cc(F)c(O)c(F)c12. The Bertz CT molecular complexity index is 1120. The first kappa shape index (κ1) is 19.8. The lowest BCUT2D eigenvalue weighted by Gasteiger charge is -2.11. The Labute approximate surface area is 164 Å². The van der Waals surface area contributed by atoms with Crippen molar-refractivity contribution >= 4 is 34.4 Å². The second kappa shape index (κ2) is 7.24. The minimum atomic E-state index is -1.25. The molecule has 0 saturated carbocycles. The van der Waals surface area contributed by atoms with E-state index in [0.29, 0.717) is 5.02 Å². The highest BCUT2D eigenvalue weighted by molar-refractivity contribution is 6.31. The number of nitrogens with zero attached hydrogens (tertiary/aromatic N) is 1. The standard InChI is InChI=1S/C20H16ClF2NO4/c1-9(20(27)28-3)15-10(2)24(19(26)11-5-4-6-12(21)7-11)14-8-13(22)18(25)17(23)16(14)15/h4-9,25H,1-3H3. The first-order valence-corrected chi connectivity index (χ1v) is 8.66. The number of aromatic nitrogens is 1. The summed E-state index contributed by atoms with van der Waals surface area (Å²) < 4.78 is 34.7. The molecule has 1 atom stereocenters. The van der Waals surface area contributed by atoms with Crippen molar-refractivity contribution in [3.05, 3.63) is 63.8 Å². The maximum Gasteiger partial charge on any atom is 0.312 e. The van der Waals surface area contributed by atoms with Crippen molar-refractivity contribution in [2.75, 3.05) is 7.11 Å². The van der Waals surface area contributed by atoms with Crippen LogP contribution in [0.15, 0.2) is 30.3 Å². The van der Waals surface area contributed by atoms with Crippen LogP contribution in [0.3, 0.4) is 0 Å². The van der Waals surface area contributed by atoms with E-state index < -0.39 is 35.2 Å². The van der Waals surface area contributed by atoms with Gasteiger partial charge in [-0.15, -0.1) is 0 Å². The Hall–Kier alpha value is -2.93. The van der Waals surface area contributed by atoms with Gasteiger partial charge in [-0.3, -0.25) is 14.2 Å². The first-order chi connectivity index (χ1) is 13.2. The Morgan fingerprint density at radius 3 is 2.54 bits per heavy atom. The van der Waals surface area contributed by atoms with Crippen LogP contribution in [0.4, 0.5) is 8.78 Å². The third kappa shape index (κ3) is 3.01. The van der Waals surface area contributed by atoms with E-state index in [-0.39, 0.29) is 27.7 Å². The van der Waals surface area contributed by atoms with Crippen LogP contribution in [0.1, 0.15) is 34.5 Å². The van der Waals surface area contributed by atoms with E-state index in [2.05, 4.69) is 0 Å². The molecule has 0 bridgehead atoms. The molecular weight excluding hydrogens is 392 g/mol. The largest absolute Gasteiger partial charge is 0.503 e. The summed E-state index contributed by atoms with van der Waals surface area (Å²) in [6, 6.07) is 6.95. The monoisotopic (exact) mass is 407 g/mol. The zero-order valence-corrected chi connectivity index (χ0v) is 16.0. The Kier molecular flexibility index (Phi) is 5.12. The number of rotatable bonds is 3.